The van der Waals surface area contributed by atoms with Crippen molar-refractivity contribution >= 4 is 22.9 Å². The normalized spacial score (nSPS) is 20.4. The lowest BCUT2D eigenvalue weighted by Crippen LogP contribution is -2.26. The van der Waals surface area contributed by atoms with Crippen LogP contribution in [0, 0.1) is 5.92 Å². The fourth-order valence-corrected chi connectivity index (χ4v) is 2.21. The molecule has 0 fully saturated rings. The maximum absolute atomic E-state index is 12.0. The van der Waals surface area contributed by atoms with E-state index in [2.05, 4.69) is 0 Å². The Hall–Kier alpha value is -1.02. The minimum atomic E-state index is -0.0279. The number of benzene rings is 1. The number of carbonyl (C=O) groups is 1. The Bertz CT molecular complexity index is 395. The maximum Gasteiger partial charge on any atom is 0.171 e. The van der Waals surface area contributed by atoms with Crippen molar-refractivity contribution in [1.29, 1.82) is 0 Å². The number of fused-ring (bicyclic) bond motifs is 1. The van der Waals surface area contributed by atoms with Crippen molar-refractivity contribution in [1.82, 2.24) is 0 Å². The number of hydrogen-bond acceptors (Lipinski definition) is 2. The molecule has 0 N–H and O–H groups in total. The van der Waals surface area contributed by atoms with Gasteiger partial charge in [-0.15, -0.1) is 0 Å². The van der Waals surface area contributed by atoms with E-state index >= 15 is 0 Å². The van der Waals surface area contributed by atoms with Crippen LogP contribution >= 0.6 is 12.2 Å². The van der Waals surface area contributed by atoms with Crippen LogP contribution in [-0.2, 0) is 6.42 Å². The molecular weight excluding hydrogens is 192 g/mol. The van der Waals surface area contributed by atoms with E-state index in [-0.39, 0.29) is 11.7 Å². The van der Waals surface area contributed by atoms with Crippen LogP contribution in [0.15, 0.2) is 24.3 Å². The SMILES string of the molecule is CC(=S)C1CCc2ccccc2C1=O. The maximum atomic E-state index is 12.0. The summed E-state index contributed by atoms with van der Waals surface area (Å²) in [4.78, 5) is 12.8. The lowest BCUT2D eigenvalue weighted by molar-refractivity contribution is 0.0941. The molecule has 1 atom stereocenters. The minimum absolute atomic E-state index is 0.0279. The summed E-state index contributed by atoms with van der Waals surface area (Å²) in [7, 11) is 0. The van der Waals surface area contributed by atoms with Crippen molar-refractivity contribution in [3.05, 3.63) is 35.4 Å². The van der Waals surface area contributed by atoms with Gasteiger partial charge in [-0.25, -0.2) is 0 Å². The zero-order chi connectivity index (χ0) is 10.1. The van der Waals surface area contributed by atoms with E-state index in [1.165, 1.54) is 5.56 Å². The molecule has 0 saturated heterocycles. The molecule has 0 aromatic heterocycles. The fourth-order valence-electron chi connectivity index (χ4n) is 1.99. The third kappa shape index (κ3) is 1.50. The van der Waals surface area contributed by atoms with Gasteiger partial charge in [0, 0.05) is 10.4 Å². The molecule has 72 valence electrons. The van der Waals surface area contributed by atoms with E-state index in [9.17, 15) is 4.79 Å². The first-order valence-electron chi connectivity index (χ1n) is 4.82. The zero-order valence-electron chi connectivity index (χ0n) is 8.12. The Morgan fingerprint density at radius 3 is 2.86 bits per heavy atom. The van der Waals surface area contributed by atoms with Gasteiger partial charge in [-0.1, -0.05) is 36.5 Å². The third-order valence-corrected chi connectivity index (χ3v) is 3.08. The second kappa shape index (κ2) is 3.62. The van der Waals surface area contributed by atoms with Crippen LogP contribution in [0.2, 0.25) is 0 Å². The van der Waals surface area contributed by atoms with Gasteiger partial charge >= 0.3 is 0 Å². The summed E-state index contributed by atoms with van der Waals surface area (Å²) in [6.07, 6.45) is 1.85. The van der Waals surface area contributed by atoms with Gasteiger partial charge in [0.1, 0.15) is 0 Å². The first-order valence-corrected chi connectivity index (χ1v) is 5.23. The van der Waals surface area contributed by atoms with E-state index < -0.39 is 0 Å². The average molecular weight is 204 g/mol. The highest BCUT2D eigenvalue weighted by Crippen LogP contribution is 2.26. The Kier molecular flexibility index (Phi) is 2.46. The Labute approximate surface area is 89.1 Å². The highest BCUT2D eigenvalue weighted by atomic mass is 32.1. The number of ketones is 1. The first-order chi connectivity index (χ1) is 6.70. The largest absolute Gasteiger partial charge is 0.293 e. The predicted octanol–water partition coefficient (Wildman–Crippen LogP) is 2.82. The van der Waals surface area contributed by atoms with Crippen LogP contribution in [0.25, 0.3) is 0 Å². The van der Waals surface area contributed by atoms with Crippen LogP contribution < -0.4 is 0 Å². The molecule has 0 bridgehead atoms. The highest BCUT2D eigenvalue weighted by molar-refractivity contribution is 7.80. The molecule has 1 aliphatic rings. The lowest BCUT2D eigenvalue weighted by Gasteiger charge is -2.22. The average Bonchev–Trinajstić information content (AvgIpc) is 2.18. The minimum Gasteiger partial charge on any atom is -0.293 e. The number of hydrogen-bond donors (Lipinski definition) is 0. The topological polar surface area (TPSA) is 17.1 Å². The molecule has 0 aliphatic heterocycles. The molecule has 1 aromatic carbocycles. The van der Waals surface area contributed by atoms with Crippen molar-refractivity contribution in [3.8, 4) is 0 Å². The van der Waals surface area contributed by atoms with Gasteiger partial charge in [-0.3, -0.25) is 4.79 Å². The van der Waals surface area contributed by atoms with Crippen molar-refractivity contribution < 1.29 is 4.79 Å². The van der Waals surface area contributed by atoms with Gasteiger partial charge in [0.2, 0.25) is 0 Å². The van der Waals surface area contributed by atoms with Gasteiger partial charge in [0.25, 0.3) is 0 Å². The number of rotatable bonds is 1. The molecule has 0 radical (unpaired) electrons. The molecule has 0 saturated carbocycles. The summed E-state index contributed by atoms with van der Waals surface area (Å²) in [5, 5.41) is 0. The van der Waals surface area contributed by atoms with Crippen LogP contribution in [0.3, 0.4) is 0 Å². The number of thiocarbonyl (C=S) groups is 1. The van der Waals surface area contributed by atoms with Crippen molar-refractivity contribution in [2.24, 2.45) is 5.92 Å². The van der Waals surface area contributed by atoms with Crippen LogP contribution in [0.4, 0.5) is 0 Å². The van der Waals surface area contributed by atoms with Gasteiger partial charge < -0.3 is 0 Å². The van der Waals surface area contributed by atoms with Crippen molar-refractivity contribution in [3.63, 3.8) is 0 Å². The second-order valence-corrected chi connectivity index (χ2v) is 4.37. The molecule has 0 spiro atoms. The van der Waals surface area contributed by atoms with Crippen molar-refractivity contribution in [2.45, 2.75) is 19.8 Å². The number of carbonyl (C=O) groups excluding carboxylic acids is 1. The summed E-state index contributed by atoms with van der Waals surface area (Å²) >= 11 is 5.10. The monoisotopic (exact) mass is 204 g/mol. The molecule has 0 amide bonds. The smallest absolute Gasteiger partial charge is 0.171 e. The van der Waals surface area contributed by atoms with Crippen LogP contribution in [0.1, 0.15) is 29.3 Å². The fraction of sp³-hybridized carbons (Fsp3) is 0.333. The molecule has 2 heteroatoms. The van der Waals surface area contributed by atoms with Gasteiger partial charge in [0.05, 0.1) is 5.92 Å². The van der Waals surface area contributed by atoms with Gasteiger partial charge in [-0.05, 0) is 25.3 Å². The Balaban J connectivity index is 2.41. The van der Waals surface area contributed by atoms with Gasteiger partial charge in [0.15, 0.2) is 5.78 Å². The quantitative estimate of drug-likeness (QED) is 0.654. The van der Waals surface area contributed by atoms with Crippen LogP contribution in [0.5, 0.6) is 0 Å². The standard InChI is InChI=1S/C12H12OS/c1-8(14)10-7-6-9-4-2-3-5-11(9)12(10)13/h2-5,10H,6-7H2,1H3. The van der Waals surface area contributed by atoms with Crippen molar-refractivity contribution in [2.75, 3.05) is 0 Å². The van der Waals surface area contributed by atoms with Crippen LogP contribution in [-0.4, -0.2) is 10.6 Å². The van der Waals surface area contributed by atoms with Gasteiger partial charge in [-0.2, -0.15) is 0 Å². The molecule has 1 unspecified atom stereocenters. The third-order valence-electron chi connectivity index (χ3n) is 2.79. The molecule has 1 aromatic rings. The zero-order valence-corrected chi connectivity index (χ0v) is 8.93. The number of aryl methyl sites for hydroxylation is 1. The predicted molar refractivity (Wildman–Crippen MR) is 60.9 cm³/mol. The number of Topliss-reactive ketones (excluding diaryl/α,β-unsaturated/α-hetero) is 1. The highest BCUT2D eigenvalue weighted by Gasteiger charge is 2.27. The molecule has 14 heavy (non-hydrogen) atoms. The Morgan fingerprint density at radius 2 is 2.14 bits per heavy atom. The van der Waals surface area contributed by atoms with E-state index in [0.29, 0.717) is 0 Å². The molecule has 0 heterocycles. The molecule has 2 rings (SSSR count). The van der Waals surface area contributed by atoms with E-state index in [1.807, 2.05) is 31.2 Å². The second-order valence-electron chi connectivity index (χ2n) is 3.72. The van der Waals surface area contributed by atoms with E-state index in [4.69, 9.17) is 12.2 Å². The first kappa shape index (κ1) is 9.53. The van der Waals surface area contributed by atoms with E-state index in [0.717, 1.165) is 23.3 Å². The Morgan fingerprint density at radius 1 is 1.43 bits per heavy atom. The molecule has 1 nitrogen and oxygen atoms in total. The summed E-state index contributed by atoms with van der Waals surface area (Å²) in [6, 6.07) is 7.83. The molecule has 1 aliphatic carbocycles. The lowest BCUT2D eigenvalue weighted by atomic mass is 9.81. The summed E-state index contributed by atoms with van der Waals surface area (Å²) in [5.74, 6) is 0.180. The van der Waals surface area contributed by atoms with E-state index in [1.54, 1.807) is 0 Å². The summed E-state index contributed by atoms with van der Waals surface area (Å²) in [5.41, 5.74) is 2.04. The molecular formula is C12H12OS. The summed E-state index contributed by atoms with van der Waals surface area (Å²) < 4.78 is 0. The summed E-state index contributed by atoms with van der Waals surface area (Å²) in [6.45, 7) is 1.87.